The van der Waals surface area contributed by atoms with E-state index in [0.29, 0.717) is 17.9 Å². The highest BCUT2D eigenvalue weighted by molar-refractivity contribution is 7.10. The van der Waals surface area contributed by atoms with Crippen molar-refractivity contribution < 1.29 is 24.2 Å². The highest BCUT2D eigenvalue weighted by Crippen LogP contribution is 2.42. The number of benzene rings is 1. The number of aliphatic hydroxyl groups is 1. The zero-order chi connectivity index (χ0) is 21.1. The van der Waals surface area contributed by atoms with Gasteiger partial charge in [0.15, 0.2) is 0 Å². The molecule has 1 unspecified atom stereocenters. The third-order valence-electron chi connectivity index (χ3n) is 4.82. The summed E-state index contributed by atoms with van der Waals surface area (Å²) in [6, 6.07) is 8.10. The van der Waals surface area contributed by atoms with E-state index in [2.05, 4.69) is 0 Å². The molecule has 2 aromatic rings. The van der Waals surface area contributed by atoms with E-state index >= 15 is 0 Å². The third-order valence-corrected chi connectivity index (χ3v) is 5.89. The Morgan fingerprint density at radius 1 is 1.28 bits per heavy atom. The first kappa shape index (κ1) is 21.1. The number of carbonyl (C=O) groups is 2. The van der Waals surface area contributed by atoms with Crippen LogP contribution >= 0.6 is 11.3 Å². The number of ketones is 1. The van der Waals surface area contributed by atoms with Gasteiger partial charge in [-0.25, -0.2) is 0 Å². The summed E-state index contributed by atoms with van der Waals surface area (Å²) in [5, 5.41) is 12.9. The molecule has 0 radical (unpaired) electrons. The minimum atomic E-state index is -0.687. The maximum atomic E-state index is 12.9. The standard InChI is InChI=1S/C22H25NO5S/c1-13(2)28-10-9-23-18(21-14(3)8-11-29-21)17(20(25)22(23)26)19(24)15-6-5-7-16(12-15)27-4/h5-8,11-13,18,24H,9-10H2,1-4H3/b19-17-. The fourth-order valence-electron chi connectivity index (χ4n) is 3.36. The maximum absolute atomic E-state index is 12.9. The molecule has 3 rings (SSSR count). The van der Waals surface area contributed by atoms with E-state index in [0.717, 1.165) is 10.4 Å². The van der Waals surface area contributed by atoms with Crippen molar-refractivity contribution in [2.45, 2.75) is 32.9 Å². The summed E-state index contributed by atoms with van der Waals surface area (Å²) in [5.41, 5.74) is 1.49. The summed E-state index contributed by atoms with van der Waals surface area (Å²) in [6.45, 7) is 6.34. The van der Waals surface area contributed by atoms with Gasteiger partial charge in [0.2, 0.25) is 0 Å². The van der Waals surface area contributed by atoms with E-state index in [1.165, 1.54) is 23.3 Å². The molecule has 7 heteroatoms. The Balaban J connectivity index is 2.09. The van der Waals surface area contributed by atoms with Crippen LogP contribution in [0.15, 0.2) is 41.3 Å². The molecule has 0 spiro atoms. The van der Waals surface area contributed by atoms with E-state index in [9.17, 15) is 14.7 Å². The van der Waals surface area contributed by atoms with Crippen molar-refractivity contribution in [3.8, 4) is 5.75 Å². The number of ether oxygens (including phenoxy) is 2. The lowest BCUT2D eigenvalue weighted by Crippen LogP contribution is -2.33. The van der Waals surface area contributed by atoms with Crippen LogP contribution in [0, 0.1) is 6.92 Å². The van der Waals surface area contributed by atoms with Crippen molar-refractivity contribution >= 4 is 28.8 Å². The normalized spacial score (nSPS) is 18.7. The number of hydrogen-bond donors (Lipinski definition) is 1. The largest absolute Gasteiger partial charge is 0.507 e. The fraction of sp³-hybridized carbons (Fsp3) is 0.364. The van der Waals surface area contributed by atoms with Gasteiger partial charge in [-0.15, -0.1) is 11.3 Å². The summed E-state index contributed by atoms with van der Waals surface area (Å²) >= 11 is 1.46. The van der Waals surface area contributed by atoms with Crippen molar-refractivity contribution in [2.75, 3.05) is 20.3 Å². The van der Waals surface area contributed by atoms with Gasteiger partial charge in [-0.3, -0.25) is 9.59 Å². The number of methoxy groups -OCH3 is 1. The van der Waals surface area contributed by atoms with Gasteiger partial charge in [0.1, 0.15) is 11.5 Å². The number of aryl methyl sites for hydroxylation is 1. The Bertz CT molecular complexity index is 946. The smallest absolute Gasteiger partial charge is 0.295 e. The number of amides is 1. The first-order valence-corrected chi connectivity index (χ1v) is 10.3. The Morgan fingerprint density at radius 2 is 2.03 bits per heavy atom. The molecule has 1 saturated heterocycles. The van der Waals surface area contributed by atoms with Gasteiger partial charge in [0.25, 0.3) is 11.7 Å². The molecule has 1 atom stereocenters. The number of carbonyl (C=O) groups excluding carboxylic acids is 2. The van der Waals surface area contributed by atoms with Gasteiger partial charge < -0.3 is 19.5 Å². The Kier molecular flexibility index (Phi) is 6.39. The van der Waals surface area contributed by atoms with Crippen LogP contribution in [0.2, 0.25) is 0 Å². The van der Waals surface area contributed by atoms with E-state index in [1.807, 2.05) is 32.2 Å². The lowest BCUT2D eigenvalue weighted by atomic mass is 9.98. The van der Waals surface area contributed by atoms with Gasteiger partial charge in [-0.05, 0) is 49.9 Å². The van der Waals surface area contributed by atoms with Gasteiger partial charge in [0.05, 0.1) is 31.4 Å². The number of Topliss-reactive ketones (excluding diaryl/α,β-unsaturated/α-hetero) is 1. The van der Waals surface area contributed by atoms with E-state index in [-0.39, 0.29) is 24.0 Å². The first-order valence-electron chi connectivity index (χ1n) is 9.43. The number of rotatable bonds is 7. The molecule has 154 valence electrons. The quantitative estimate of drug-likeness (QED) is 0.422. The van der Waals surface area contributed by atoms with Gasteiger partial charge in [0, 0.05) is 17.0 Å². The Morgan fingerprint density at radius 3 is 2.66 bits per heavy atom. The van der Waals surface area contributed by atoms with E-state index in [4.69, 9.17) is 9.47 Å². The minimum Gasteiger partial charge on any atom is -0.507 e. The molecule has 0 bridgehead atoms. The van der Waals surface area contributed by atoms with E-state index < -0.39 is 17.7 Å². The molecule has 1 aromatic carbocycles. The Labute approximate surface area is 174 Å². The molecule has 1 aliphatic rings. The van der Waals surface area contributed by atoms with Crippen molar-refractivity contribution in [2.24, 2.45) is 0 Å². The average molecular weight is 416 g/mol. The summed E-state index contributed by atoms with van der Waals surface area (Å²) < 4.78 is 10.8. The molecule has 0 aliphatic carbocycles. The maximum Gasteiger partial charge on any atom is 0.295 e. The van der Waals surface area contributed by atoms with Crippen molar-refractivity contribution in [3.63, 3.8) is 0 Å². The van der Waals surface area contributed by atoms with Crippen molar-refractivity contribution in [1.82, 2.24) is 4.90 Å². The average Bonchev–Trinajstić information content (AvgIpc) is 3.23. The van der Waals surface area contributed by atoms with Crippen LogP contribution in [-0.4, -0.2) is 48.1 Å². The highest BCUT2D eigenvalue weighted by Gasteiger charge is 2.46. The molecule has 1 fully saturated rings. The number of likely N-dealkylation sites (tertiary alicyclic amines) is 1. The minimum absolute atomic E-state index is 0.0190. The van der Waals surface area contributed by atoms with Gasteiger partial charge in [-0.1, -0.05) is 12.1 Å². The lowest BCUT2D eigenvalue weighted by molar-refractivity contribution is -0.140. The number of hydrogen-bond acceptors (Lipinski definition) is 6. The topological polar surface area (TPSA) is 76.1 Å². The molecular weight excluding hydrogens is 390 g/mol. The summed E-state index contributed by atoms with van der Waals surface area (Å²) in [5.74, 6) is -0.961. The van der Waals surface area contributed by atoms with Crippen LogP contribution < -0.4 is 4.74 Å². The zero-order valence-electron chi connectivity index (χ0n) is 17.0. The fourth-order valence-corrected chi connectivity index (χ4v) is 4.41. The molecule has 1 amide bonds. The van der Waals surface area contributed by atoms with E-state index in [1.54, 1.807) is 24.3 Å². The van der Waals surface area contributed by atoms with Gasteiger partial charge >= 0.3 is 0 Å². The number of nitrogens with zero attached hydrogens (tertiary/aromatic N) is 1. The molecule has 0 saturated carbocycles. The second-order valence-corrected chi connectivity index (χ2v) is 8.06. The van der Waals surface area contributed by atoms with Crippen LogP contribution in [0.5, 0.6) is 5.75 Å². The molecule has 1 N–H and O–H groups in total. The van der Waals surface area contributed by atoms with Crippen LogP contribution in [-0.2, 0) is 14.3 Å². The van der Waals surface area contributed by atoms with Crippen LogP contribution in [0.4, 0.5) is 0 Å². The predicted octanol–water partition coefficient (Wildman–Crippen LogP) is 3.91. The number of aliphatic hydroxyl groups excluding tert-OH is 1. The predicted molar refractivity (Wildman–Crippen MR) is 112 cm³/mol. The molecule has 6 nitrogen and oxygen atoms in total. The second-order valence-electron chi connectivity index (χ2n) is 7.11. The molecule has 2 heterocycles. The second kappa shape index (κ2) is 8.80. The summed E-state index contributed by atoms with van der Waals surface area (Å²) in [4.78, 5) is 28.1. The van der Waals surface area contributed by atoms with Crippen LogP contribution in [0.25, 0.3) is 5.76 Å². The molecule has 1 aromatic heterocycles. The molecular formula is C22H25NO5S. The SMILES string of the molecule is COc1cccc(/C(O)=C2/C(=O)C(=O)N(CCOC(C)C)C2c2sccc2C)c1. The molecule has 1 aliphatic heterocycles. The monoisotopic (exact) mass is 415 g/mol. The van der Waals surface area contributed by atoms with Crippen molar-refractivity contribution in [3.05, 3.63) is 57.3 Å². The number of thiophene rings is 1. The van der Waals surface area contributed by atoms with Crippen molar-refractivity contribution in [1.29, 1.82) is 0 Å². The zero-order valence-corrected chi connectivity index (χ0v) is 17.8. The Hall–Kier alpha value is -2.64. The highest BCUT2D eigenvalue weighted by atomic mass is 32.1. The lowest BCUT2D eigenvalue weighted by Gasteiger charge is -2.25. The van der Waals surface area contributed by atoms with Gasteiger partial charge in [-0.2, -0.15) is 0 Å². The molecule has 29 heavy (non-hydrogen) atoms. The summed E-state index contributed by atoms with van der Waals surface area (Å²) in [6.07, 6.45) is 0.0190. The first-order chi connectivity index (χ1) is 13.8. The van der Waals surface area contributed by atoms with Crippen LogP contribution in [0.3, 0.4) is 0 Å². The van der Waals surface area contributed by atoms with Crippen LogP contribution in [0.1, 0.15) is 35.9 Å². The summed E-state index contributed by atoms with van der Waals surface area (Å²) in [7, 11) is 1.53. The third kappa shape index (κ3) is 4.21.